The van der Waals surface area contributed by atoms with Crippen LogP contribution in [-0.4, -0.2) is 155 Å². The van der Waals surface area contributed by atoms with Crippen molar-refractivity contribution in [3.8, 4) is 23.0 Å². The second kappa shape index (κ2) is 26.6. The topological polar surface area (TPSA) is 279 Å². The van der Waals surface area contributed by atoms with E-state index in [2.05, 4.69) is 32.5 Å². The summed E-state index contributed by atoms with van der Waals surface area (Å²) < 4.78 is 38.4. The first-order valence-electron chi connectivity index (χ1n) is 28.7. The van der Waals surface area contributed by atoms with Crippen molar-refractivity contribution in [2.24, 2.45) is 11.3 Å². The Hall–Kier alpha value is -8.58. The Balaban J connectivity index is 0.818. The first-order valence-corrected chi connectivity index (χ1v) is 29.9. The van der Waals surface area contributed by atoms with E-state index in [9.17, 15) is 38.7 Å². The number of aliphatic hydroxyl groups is 1. The molecule has 1 aliphatic carbocycles. The van der Waals surface area contributed by atoms with E-state index >= 15 is 0 Å². The van der Waals surface area contributed by atoms with Crippen molar-refractivity contribution in [2.45, 2.75) is 93.7 Å². The first kappa shape index (κ1) is 63.4. The van der Waals surface area contributed by atoms with Crippen molar-refractivity contribution in [1.82, 2.24) is 30.4 Å². The monoisotopic (exact) mass is 1280 g/mol. The quantitative estimate of drug-likeness (QED) is 0.0245. The van der Waals surface area contributed by atoms with Crippen LogP contribution in [0.15, 0.2) is 98.0 Å². The Morgan fingerprint density at radius 3 is 2.10 bits per heavy atom. The second-order valence-corrected chi connectivity index (χ2v) is 25.1. The number of hydrogen-bond acceptors (Lipinski definition) is 17. The fraction of sp³-hybridized carbons (Fsp3) is 0.403. The minimum Gasteiger partial charge on any atom is -0.493 e. The maximum Gasteiger partial charge on any atom is 0.416 e. The molecule has 1 saturated heterocycles. The highest BCUT2D eigenvalue weighted by Crippen LogP contribution is 2.57. The molecule has 5 atom stereocenters. The van der Waals surface area contributed by atoms with Crippen molar-refractivity contribution in [1.29, 1.82) is 0 Å². The van der Waals surface area contributed by atoms with Crippen molar-refractivity contribution < 1.29 is 71.8 Å². The predicted octanol–water partition coefficient (Wildman–Crippen LogP) is 8.93. The lowest BCUT2D eigenvalue weighted by atomic mass is 10.0. The maximum absolute atomic E-state index is 14.6. The molecule has 5 aromatic rings. The van der Waals surface area contributed by atoms with Gasteiger partial charge in [-0.1, -0.05) is 79.5 Å². The van der Waals surface area contributed by atoms with Gasteiger partial charge >= 0.3 is 18.3 Å². The van der Waals surface area contributed by atoms with Gasteiger partial charge in [-0.2, -0.15) is 0 Å². The molecular weight excluding hydrogens is 1220 g/mol. The molecule has 470 valence electrons. The number of hydrogen-bond donors (Lipinski definition) is 4. The number of halogens is 3. The van der Waals surface area contributed by atoms with Gasteiger partial charge in [0.05, 0.1) is 79.6 Å². The lowest BCUT2D eigenvalue weighted by molar-refractivity contribution is -0.128. The molecule has 1 aromatic heterocycles. The number of aliphatic hydroxyl groups excluding tert-OH is 1. The molecule has 1 spiro atoms. The van der Waals surface area contributed by atoms with Gasteiger partial charge in [-0.05, 0) is 97.0 Å². The molecule has 1 saturated carbocycles. The summed E-state index contributed by atoms with van der Waals surface area (Å²) in [7, 11) is 2.82. The van der Waals surface area contributed by atoms with Crippen LogP contribution < -0.4 is 44.7 Å². The zero-order chi connectivity index (χ0) is 63.5. The van der Waals surface area contributed by atoms with Crippen LogP contribution in [0.25, 0.3) is 16.6 Å². The molecule has 10 rings (SSSR count). The van der Waals surface area contributed by atoms with Crippen molar-refractivity contribution in [2.75, 3.05) is 68.9 Å². The molecule has 89 heavy (non-hydrogen) atoms. The van der Waals surface area contributed by atoms with Crippen LogP contribution in [0.5, 0.6) is 23.0 Å². The molecule has 1 unspecified atom stereocenters. The van der Waals surface area contributed by atoms with Crippen molar-refractivity contribution >= 4 is 110 Å². The summed E-state index contributed by atoms with van der Waals surface area (Å²) in [6, 6.07) is 14.7. The van der Waals surface area contributed by atoms with E-state index in [-0.39, 0.29) is 96.2 Å². The summed E-state index contributed by atoms with van der Waals surface area (Å²) in [6.45, 7) is 7.97. The number of rotatable bonds is 20. The number of nitrogens with zero attached hydrogens (tertiary/aromatic N) is 6. The molecule has 5 aliphatic rings. The Labute approximate surface area is 527 Å². The SMILES string of the molecule is C=CCOC(=O)N[C@H](C(=O)N[C@@H](C)C(=O)Nc1ccc(COC(=O)N2c3cc(OCCCOc4cc5c(cc4OC)C(=O)N4C=C(c6ccc7nccnc7c6)C[C@H]4CN5C(=O)OCC(Cl)(Cl)Cl)c(OC)cc3C(=O)N3CC4(CC4)C[C@H]3C2O)cc1)C(C)C. The Kier molecular flexibility index (Phi) is 19.0. The number of alkyl carbamates (subject to hydrolysis) is 1. The molecule has 4 aliphatic heterocycles. The largest absolute Gasteiger partial charge is 0.493 e. The number of carbonyl (C=O) groups excluding carboxylic acids is 7. The normalized spacial score (nSPS) is 18.7. The summed E-state index contributed by atoms with van der Waals surface area (Å²) in [5.41, 5.74) is 4.17. The molecule has 0 radical (unpaired) electrons. The van der Waals surface area contributed by atoms with Crippen molar-refractivity contribution in [3.63, 3.8) is 0 Å². The van der Waals surface area contributed by atoms with Gasteiger partial charge in [0.15, 0.2) is 29.2 Å². The standard InChI is InChI=1S/C62H66Cl3N9O15/c1-7-19-87-58(80)70-52(34(2)3)54(76)68-35(4)53(75)69-39-12-9-36(10-13-39)31-88-60(82)74-46-27-51(49(84-6)25-42(46)56(78)73-32-61(15-16-61)28-47(73)57(74)79)86-21-8-20-85-50-26-45-41(24-48(50)83-5)55(77)71-29-38(37-11-14-43-44(23-37)67-18-17-66-43)22-40(71)30-72(45)59(81)89-33-62(63,64)65/h7,9-14,17-18,23-27,29,34-35,40,47,52,57,79H,1,8,15-16,19-22,28,30-33H2,2-6H3,(H,68,76)(H,69,75)(H,70,80)/t35-,40-,47-,52-,57?/m0/s1. The highest BCUT2D eigenvalue weighted by atomic mass is 35.6. The number of anilines is 3. The van der Waals surface area contributed by atoms with Crippen LogP contribution in [-0.2, 0) is 30.4 Å². The number of nitrogens with one attached hydrogen (secondary N) is 3. The smallest absolute Gasteiger partial charge is 0.416 e. The van der Waals surface area contributed by atoms with Gasteiger partial charge in [-0.25, -0.2) is 19.3 Å². The predicted molar refractivity (Wildman–Crippen MR) is 328 cm³/mol. The minimum absolute atomic E-state index is 0.00153. The molecule has 0 bridgehead atoms. The maximum atomic E-state index is 14.6. The number of ether oxygens (including phenoxy) is 7. The summed E-state index contributed by atoms with van der Waals surface area (Å²) >= 11 is 18.0. The van der Waals surface area contributed by atoms with E-state index in [1.807, 2.05) is 18.2 Å². The Morgan fingerprint density at radius 1 is 0.798 bits per heavy atom. The van der Waals surface area contributed by atoms with E-state index in [0.717, 1.165) is 28.9 Å². The molecule has 5 heterocycles. The van der Waals surface area contributed by atoms with Gasteiger partial charge in [-0.3, -0.25) is 34.0 Å². The fourth-order valence-electron chi connectivity index (χ4n) is 11.2. The number of carbonyl (C=O) groups is 7. The fourth-order valence-corrected chi connectivity index (χ4v) is 11.4. The third-order valence-corrected chi connectivity index (χ3v) is 16.4. The number of methoxy groups -OCH3 is 2. The van der Waals surface area contributed by atoms with Gasteiger partial charge in [0.2, 0.25) is 15.6 Å². The molecule has 2 fully saturated rings. The average molecular weight is 1280 g/mol. The van der Waals surface area contributed by atoms with E-state index in [1.165, 1.54) is 56.4 Å². The van der Waals surface area contributed by atoms with Gasteiger partial charge in [0.1, 0.15) is 31.9 Å². The van der Waals surface area contributed by atoms with Crippen LogP contribution in [0, 0.1) is 11.3 Å². The highest BCUT2D eigenvalue weighted by molar-refractivity contribution is 6.67. The van der Waals surface area contributed by atoms with Crippen LogP contribution in [0.4, 0.5) is 31.4 Å². The van der Waals surface area contributed by atoms with E-state index in [0.29, 0.717) is 41.7 Å². The summed E-state index contributed by atoms with van der Waals surface area (Å²) in [4.78, 5) is 110. The average Bonchev–Trinajstić information content (AvgIpc) is 1.58. The Bertz CT molecular complexity index is 3620. The van der Waals surface area contributed by atoms with Crippen LogP contribution in [0.1, 0.15) is 84.7 Å². The number of fused-ring (bicyclic) bond motifs is 5. The lowest BCUT2D eigenvalue weighted by Crippen LogP contribution is -2.53. The zero-order valence-corrected chi connectivity index (χ0v) is 51.6. The number of amides is 7. The van der Waals surface area contributed by atoms with Gasteiger partial charge in [0, 0.05) is 49.4 Å². The number of benzene rings is 4. The van der Waals surface area contributed by atoms with E-state index in [1.54, 1.807) is 66.5 Å². The van der Waals surface area contributed by atoms with E-state index in [4.69, 9.17) is 68.0 Å². The summed E-state index contributed by atoms with van der Waals surface area (Å²) in [5, 5.41) is 20.0. The second-order valence-electron chi connectivity index (χ2n) is 22.6. The molecule has 24 nitrogen and oxygen atoms in total. The number of alkyl halides is 3. The zero-order valence-electron chi connectivity index (χ0n) is 49.3. The third kappa shape index (κ3) is 14.1. The van der Waals surface area contributed by atoms with Gasteiger partial charge < -0.3 is 64.0 Å². The van der Waals surface area contributed by atoms with Crippen molar-refractivity contribution in [3.05, 3.63) is 120 Å². The molecular formula is C62H66Cl3N9O15. The Morgan fingerprint density at radius 2 is 1.46 bits per heavy atom. The van der Waals surface area contributed by atoms with Crippen LogP contribution in [0.2, 0.25) is 0 Å². The summed E-state index contributed by atoms with van der Waals surface area (Å²) in [5.74, 6) is -1.60. The molecule has 27 heteroatoms. The molecule has 4 aromatic carbocycles. The minimum atomic E-state index is -1.93. The first-order chi connectivity index (χ1) is 42.6. The highest BCUT2D eigenvalue weighted by Gasteiger charge is 2.58. The number of aromatic nitrogens is 2. The van der Waals surface area contributed by atoms with Gasteiger partial charge in [0.25, 0.3) is 11.8 Å². The van der Waals surface area contributed by atoms with Crippen LogP contribution >= 0.6 is 34.8 Å². The van der Waals surface area contributed by atoms with Crippen LogP contribution in [0.3, 0.4) is 0 Å². The van der Waals surface area contributed by atoms with E-state index < -0.39 is 82.7 Å². The molecule has 7 amide bonds. The van der Waals surface area contributed by atoms with Gasteiger partial charge in [-0.15, -0.1) is 0 Å². The summed E-state index contributed by atoms with van der Waals surface area (Å²) in [6.07, 6.45) is 5.04. The lowest BCUT2D eigenvalue weighted by Gasteiger charge is -2.31. The third-order valence-electron chi connectivity index (χ3n) is 16.0. The molecule has 4 N–H and O–H groups in total.